The zero-order valence-electron chi connectivity index (χ0n) is 10.6. The van der Waals surface area contributed by atoms with Crippen molar-refractivity contribution in [2.24, 2.45) is 5.73 Å². The van der Waals surface area contributed by atoms with Crippen LogP contribution in [0.3, 0.4) is 0 Å². The first-order valence-electron chi connectivity index (χ1n) is 6.05. The minimum absolute atomic E-state index is 0.00524. The number of methoxy groups -OCH3 is 1. The van der Waals surface area contributed by atoms with E-state index in [1.54, 1.807) is 4.90 Å². The minimum Gasteiger partial charge on any atom is -0.490 e. The molecule has 0 saturated carbocycles. The van der Waals surface area contributed by atoms with E-state index in [1.165, 1.54) is 13.2 Å². The highest BCUT2D eigenvalue weighted by molar-refractivity contribution is 5.60. The molecule has 0 aliphatic carbocycles. The highest BCUT2D eigenvalue weighted by Gasteiger charge is 2.24. The van der Waals surface area contributed by atoms with Crippen LogP contribution >= 0.6 is 0 Å². The summed E-state index contributed by atoms with van der Waals surface area (Å²) in [6.07, 6.45) is 1.78. The third-order valence-electron chi connectivity index (χ3n) is 3.24. The van der Waals surface area contributed by atoms with Gasteiger partial charge in [0.25, 0.3) is 0 Å². The molecule has 1 atom stereocenters. The van der Waals surface area contributed by atoms with E-state index in [0.29, 0.717) is 18.8 Å². The summed E-state index contributed by atoms with van der Waals surface area (Å²) in [5.41, 5.74) is 5.79. The number of nitro groups is 1. The summed E-state index contributed by atoms with van der Waals surface area (Å²) < 4.78 is 18.9. The molecule has 1 aliphatic rings. The number of hydrogen-bond acceptors (Lipinski definition) is 5. The second-order valence-corrected chi connectivity index (χ2v) is 4.58. The number of nitrogens with two attached hydrogens (primary N) is 1. The molecule has 1 aromatic carbocycles. The Hall–Kier alpha value is -1.89. The summed E-state index contributed by atoms with van der Waals surface area (Å²) in [7, 11) is 1.33. The molecular weight excluding hydrogens is 253 g/mol. The van der Waals surface area contributed by atoms with Gasteiger partial charge in [-0.1, -0.05) is 0 Å². The SMILES string of the molecule is COc1cc(N2CCC[C@@H](N)C2)c(F)cc1[N+](=O)[O-]. The second kappa shape index (κ2) is 5.40. The minimum atomic E-state index is -0.659. The molecule has 0 unspecified atom stereocenters. The molecule has 6 nitrogen and oxygen atoms in total. The van der Waals surface area contributed by atoms with Crippen molar-refractivity contribution in [2.75, 3.05) is 25.1 Å². The predicted octanol–water partition coefficient (Wildman–Crippen LogP) is 1.67. The Balaban J connectivity index is 2.38. The lowest BCUT2D eigenvalue weighted by molar-refractivity contribution is -0.385. The Bertz CT molecular complexity index is 495. The summed E-state index contributed by atoms with van der Waals surface area (Å²) in [6.45, 7) is 1.23. The quantitative estimate of drug-likeness (QED) is 0.666. The molecule has 0 bridgehead atoms. The van der Waals surface area contributed by atoms with Gasteiger partial charge in [0.2, 0.25) is 0 Å². The zero-order valence-corrected chi connectivity index (χ0v) is 10.6. The number of halogens is 1. The van der Waals surface area contributed by atoms with Gasteiger partial charge in [-0.2, -0.15) is 0 Å². The molecule has 1 aliphatic heterocycles. The maximum absolute atomic E-state index is 14.0. The first-order chi connectivity index (χ1) is 9.02. The summed E-state index contributed by atoms with van der Waals surface area (Å²) in [5.74, 6) is -0.567. The van der Waals surface area contributed by atoms with E-state index in [4.69, 9.17) is 10.5 Å². The molecule has 0 radical (unpaired) electrons. The van der Waals surface area contributed by atoms with Crippen LogP contribution in [0.25, 0.3) is 0 Å². The molecule has 104 valence electrons. The van der Waals surface area contributed by atoms with E-state index in [0.717, 1.165) is 18.9 Å². The lowest BCUT2D eigenvalue weighted by Gasteiger charge is -2.32. The molecular formula is C12H16FN3O3. The average molecular weight is 269 g/mol. The highest BCUT2D eigenvalue weighted by atomic mass is 19.1. The van der Waals surface area contributed by atoms with Gasteiger partial charge in [0.15, 0.2) is 11.6 Å². The van der Waals surface area contributed by atoms with Gasteiger partial charge in [-0.25, -0.2) is 4.39 Å². The fraction of sp³-hybridized carbons (Fsp3) is 0.500. The van der Waals surface area contributed by atoms with Crippen molar-refractivity contribution in [3.63, 3.8) is 0 Å². The van der Waals surface area contributed by atoms with Gasteiger partial charge in [-0.05, 0) is 12.8 Å². The Morgan fingerprint density at radius 2 is 2.32 bits per heavy atom. The molecule has 1 aromatic rings. The Kier molecular flexibility index (Phi) is 3.84. The highest BCUT2D eigenvalue weighted by Crippen LogP contribution is 2.34. The molecule has 0 aromatic heterocycles. The van der Waals surface area contributed by atoms with Crippen LogP contribution in [-0.4, -0.2) is 31.2 Å². The van der Waals surface area contributed by atoms with Crippen LogP contribution in [0.2, 0.25) is 0 Å². The number of nitrogens with zero attached hydrogens (tertiary/aromatic N) is 2. The van der Waals surface area contributed by atoms with Crippen molar-refractivity contribution in [1.29, 1.82) is 0 Å². The second-order valence-electron chi connectivity index (χ2n) is 4.58. The lowest BCUT2D eigenvalue weighted by Crippen LogP contribution is -2.43. The van der Waals surface area contributed by atoms with Crippen molar-refractivity contribution < 1.29 is 14.1 Å². The average Bonchev–Trinajstić information content (AvgIpc) is 2.38. The van der Waals surface area contributed by atoms with Crippen LogP contribution in [0.5, 0.6) is 5.75 Å². The third-order valence-corrected chi connectivity index (χ3v) is 3.24. The van der Waals surface area contributed by atoms with Gasteiger partial charge >= 0.3 is 5.69 Å². The molecule has 1 fully saturated rings. The van der Waals surface area contributed by atoms with Crippen molar-refractivity contribution in [3.8, 4) is 5.75 Å². The third kappa shape index (κ3) is 2.76. The van der Waals surface area contributed by atoms with Crippen LogP contribution in [0, 0.1) is 15.9 Å². The predicted molar refractivity (Wildman–Crippen MR) is 69.0 cm³/mol. The van der Waals surface area contributed by atoms with Gasteiger partial charge in [-0.3, -0.25) is 10.1 Å². The number of rotatable bonds is 3. The van der Waals surface area contributed by atoms with Crippen molar-refractivity contribution in [2.45, 2.75) is 18.9 Å². The summed E-state index contributed by atoms with van der Waals surface area (Å²) in [5, 5.41) is 10.8. The number of benzene rings is 1. The number of ether oxygens (including phenoxy) is 1. The molecule has 0 amide bonds. The lowest BCUT2D eigenvalue weighted by atomic mass is 10.1. The van der Waals surface area contributed by atoms with Crippen LogP contribution in [0.1, 0.15) is 12.8 Å². The van der Waals surface area contributed by atoms with Crippen LogP contribution in [0.15, 0.2) is 12.1 Å². The number of piperidine rings is 1. The maximum Gasteiger partial charge on any atom is 0.313 e. The molecule has 1 heterocycles. The van der Waals surface area contributed by atoms with Gasteiger partial charge in [0.05, 0.1) is 23.8 Å². The van der Waals surface area contributed by atoms with Crippen molar-refractivity contribution in [1.82, 2.24) is 0 Å². The standard InChI is InChI=1S/C12H16FN3O3/c1-19-12-6-10(9(13)5-11(12)16(17)18)15-4-2-3-8(14)7-15/h5-6,8H,2-4,7,14H2,1H3/t8-/m1/s1. The van der Waals surface area contributed by atoms with Crippen molar-refractivity contribution in [3.05, 3.63) is 28.1 Å². The van der Waals surface area contributed by atoms with Gasteiger partial charge in [0.1, 0.15) is 0 Å². The molecule has 19 heavy (non-hydrogen) atoms. The smallest absolute Gasteiger partial charge is 0.313 e. The monoisotopic (exact) mass is 269 g/mol. The van der Waals surface area contributed by atoms with Gasteiger partial charge < -0.3 is 15.4 Å². The van der Waals surface area contributed by atoms with Crippen molar-refractivity contribution >= 4 is 11.4 Å². The Morgan fingerprint density at radius 1 is 1.58 bits per heavy atom. The molecule has 2 rings (SSSR count). The zero-order chi connectivity index (χ0) is 14.0. The Morgan fingerprint density at radius 3 is 2.89 bits per heavy atom. The van der Waals surface area contributed by atoms with E-state index < -0.39 is 10.7 Å². The number of anilines is 1. The summed E-state index contributed by atoms with van der Waals surface area (Å²) in [6, 6.07) is 2.26. The fourth-order valence-electron chi connectivity index (χ4n) is 2.31. The van der Waals surface area contributed by atoms with Gasteiger partial charge in [-0.15, -0.1) is 0 Å². The number of hydrogen-bond donors (Lipinski definition) is 1. The topological polar surface area (TPSA) is 81.6 Å². The van der Waals surface area contributed by atoms with E-state index in [9.17, 15) is 14.5 Å². The van der Waals surface area contributed by atoms with Crippen LogP contribution in [0.4, 0.5) is 15.8 Å². The Labute approximate surface area is 110 Å². The van der Waals surface area contributed by atoms with Crippen LogP contribution in [-0.2, 0) is 0 Å². The molecule has 7 heteroatoms. The normalized spacial score (nSPS) is 19.3. The van der Waals surface area contributed by atoms with Crippen LogP contribution < -0.4 is 15.4 Å². The van der Waals surface area contributed by atoms with E-state index >= 15 is 0 Å². The summed E-state index contributed by atoms with van der Waals surface area (Å²) >= 11 is 0. The molecule has 1 saturated heterocycles. The maximum atomic E-state index is 14.0. The van der Waals surface area contributed by atoms with E-state index in [1.807, 2.05) is 0 Å². The first kappa shape index (κ1) is 13.5. The summed E-state index contributed by atoms with van der Waals surface area (Å²) in [4.78, 5) is 11.9. The number of nitro benzene ring substituents is 1. The largest absolute Gasteiger partial charge is 0.490 e. The van der Waals surface area contributed by atoms with Gasteiger partial charge in [0, 0.05) is 25.2 Å². The molecule has 2 N–H and O–H groups in total. The first-order valence-corrected chi connectivity index (χ1v) is 6.05. The fourth-order valence-corrected chi connectivity index (χ4v) is 2.31. The van der Waals surface area contributed by atoms with E-state index in [2.05, 4.69) is 0 Å². The molecule has 0 spiro atoms. The van der Waals surface area contributed by atoms with E-state index in [-0.39, 0.29) is 17.5 Å².